The van der Waals surface area contributed by atoms with Crippen molar-refractivity contribution >= 4 is 17.7 Å². The molecule has 168 valence electrons. The molecular weight excluding hydrogens is 435 g/mol. The number of nitrogens with zero attached hydrogens (tertiary/aromatic N) is 3. The summed E-state index contributed by atoms with van der Waals surface area (Å²) in [7, 11) is 0. The van der Waals surface area contributed by atoms with Crippen molar-refractivity contribution in [1.29, 1.82) is 0 Å². The fraction of sp³-hybridized carbons (Fsp3) is 0.192. The monoisotopic (exact) mass is 460 g/mol. The Morgan fingerprint density at radius 1 is 0.848 bits per heavy atom. The molecule has 3 aromatic carbocycles. The highest BCUT2D eigenvalue weighted by Crippen LogP contribution is 2.26. The average Bonchev–Trinajstić information content (AvgIpc) is 3.25. The number of carbonyl (C=O) groups excluding carboxylic acids is 1. The van der Waals surface area contributed by atoms with E-state index in [9.17, 15) is 9.18 Å². The van der Waals surface area contributed by atoms with E-state index >= 15 is 0 Å². The number of nitrogens with one attached hydrogen (secondary N) is 1. The summed E-state index contributed by atoms with van der Waals surface area (Å²) in [6.45, 7) is 1.16. The average molecular weight is 461 g/mol. The molecule has 33 heavy (non-hydrogen) atoms. The molecule has 0 spiro atoms. The normalized spacial score (nSPS) is 10.8. The minimum Gasteiger partial charge on any atom is -0.355 e. The second-order valence-electron chi connectivity index (χ2n) is 7.55. The smallest absolute Gasteiger partial charge is 0.230 e. The first kappa shape index (κ1) is 22.7. The Morgan fingerprint density at radius 3 is 2.18 bits per heavy atom. The zero-order valence-electron chi connectivity index (χ0n) is 18.2. The van der Waals surface area contributed by atoms with Crippen molar-refractivity contribution < 1.29 is 9.18 Å². The van der Waals surface area contributed by atoms with E-state index in [0.29, 0.717) is 29.6 Å². The minimum atomic E-state index is -0.346. The zero-order valence-corrected chi connectivity index (χ0v) is 19.0. The van der Waals surface area contributed by atoms with E-state index in [1.54, 1.807) is 18.2 Å². The molecule has 0 aliphatic rings. The molecule has 4 rings (SSSR count). The maximum atomic E-state index is 14.5. The molecule has 4 aromatic rings. The van der Waals surface area contributed by atoms with Crippen molar-refractivity contribution in [1.82, 2.24) is 20.1 Å². The number of halogens is 1. The second-order valence-corrected chi connectivity index (χ2v) is 8.49. The molecule has 0 aliphatic heterocycles. The Labute approximate surface area is 197 Å². The molecule has 0 saturated carbocycles. The number of hydrogen-bond acceptors (Lipinski definition) is 4. The third-order valence-electron chi connectivity index (χ3n) is 5.21. The highest BCUT2D eigenvalue weighted by Gasteiger charge is 2.18. The van der Waals surface area contributed by atoms with Crippen LogP contribution in [0.1, 0.15) is 11.1 Å². The molecule has 0 fully saturated rings. The number of aromatic nitrogens is 3. The number of aryl methyl sites for hydroxylation is 1. The first-order valence-electron chi connectivity index (χ1n) is 10.9. The van der Waals surface area contributed by atoms with Crippen LogP contribution in [0.4, 0.5) is 4.39 Å². The largest absolute Gasteiger partial charge is 0.355 e. The first-order chi connectivity index (χ1) is 16.2. The lowest BCUT2D eigenvalue weighted by Crippen LogP contribution is -2.27. The van der Waals surface area contributed by atoms with E-state index < -0.39 is 0 Å². The van der Waals surface area contributed by atoms with E-state index in [4.69, 9.17) is 0 Å². The third-order valence-corrected chi connectivity index (χ3v) is 6.18. The van der Waals surface area contributed by atoms with Gasteiger partial charge in [0.15, 0.2) is 11.0 Å². The lowest BCUT2D eigenvalue weighted by atomic mass is 10.1. The molecule has 0 saturated heterocycles. The van der Waals surface area contributed by atoms with Gasteiger partial charge in [-0.1, -0.05) is 84.6 Å². The van der Waals surface area contributed by atoms with Gasteiger partial charge in [0.05, 0.1) is 11.3 Å². The van der Waals surface area contributed by atoms with Crippen molar-refractivity contribution in [2.75, 3.05) is 12.3 Å². The van der Waals surface area contributed by atoms with Gasteiger partial charge in [0.1, 0.15) is 5.82 Å². The van der Waals surface area contributed by atoms with E-state index in [0.717, 1.165) is 12.8 Å². The number of hydrogen-bond donors (Lipinski definition) is 1. The van der Waals surface area contributed by atoms with Crippen LogP contribution in [0.2, 0.25) is 0 Å². The van der Waals surface area contributed by atoms with Crippen molar-refractivity contribution in [3.8, 4) is 11.4 Å². The minimum absolute atomic E-state index is 0.0685. The Bertz CT molecular complexity index is 1180. The fourth-order valence-corrected chi connectivity index (χ4v) is 4.29. The van der Waals surface area contributed by atoms with Gasteiger partial charge >= 0.3 is 0 Å². The fourth-order valence-electron chi connectivity index (χ4n) is 3.50. The van der Waals surface area contributed by atoms with Gasteiger partial charge in [-0.25, -0.2) is 4.39 Å². The molecule has 7 heteroatoms. The Balaban J connectivity index is 1.43. The molecule has 0 radical (unpaired) electrons. The van der Waals surface area contributed by atoms with Crippen LogP contribution in [-0.2, 0) is 24.2 Å². The van der Waals surface area contributed by atoms with E-state index in [1.807, 2.05) is 53.1 Å². The number of thioether (sulfide) groups is 1. The van der Waals surface area contributed by atoms with Crippen LogP contribution in [0.15, 0.2) is 90.1 Å². The van der Waals surface area contributed by atoms with Crippen LogP contribution >= 0.6 is 11.8 Å². The summed E-state index contributed by atoms with van der Waals surface area (Å²) in [6.07, 6.45) is 1.53. The van der Waals surface area contributed by atoms with Gasteiger partial charge < -0.3 is 9.88 Å². The van der Waals surface area contributed by atoms with Crippen LogP contribution in [0.25, 0.3) is 11.4 Å². The molecule has 1 aromatic heterocycles. The molecule has 1 N–H and O–H groups in total. The Morgan fingerprint density at radius 2 is 1.48 bits per heavy atom. The summed E-state index contributed by atoms with van der Waals surface area (Å²) in [5.41, 5.74) is 2.75. The topological polar surface area (TPSA) is 59.8 Å². The van der Waals surface area contributed by atoms with Gasteiger partial charge in [0.25, 0.3) is 0 Å². The van der Waals surface area contributed by atoms with Crippen LogP contribution in [0.5, 0.6) is 0 Å². The highest BCUT2D eigenvalue weighted by atomic mass is 32.2. The van der Waals surface area contributed by atoms with Crippen molar-refractivity contribution in [2.24, 2.45) is 0 Å². The number of rotatable bonds is 10. The lowest BCUT2D eigenvalue weighted by Gasteiger charge is -2.11. The molecule has 0 aliphatic carbocycles. The van der Waals surface area contributed by atoms with Crippen molar-refractivity contribution in [2.45, 2.75) is 24.5 Å². The molecule has 0 unspecified atom stereocenters. The summed E-state index contributed by atoms with van der Waals surface area (Å²) in [5.74, 6) is 0.272. The maximum Gasteiger partial charge on any atom is 0.230 e. The van der Waals surface area contributed by atoms with Crippen LogP contribution < -0.4 is 5.32 Å². The summed E-state index contributed by atoms with van der Waals surface area (Å²) in [5, 5.41) is 12.1. The number of benzene rings is 3. The predicted octanol–water partition coefficient (Wildman–Crippen LogP) is 4.78. The van der Waals surface area contributed by atoms with Crippen LogP contribution in [-0.4, -0.2) is 33.0 Å². The molecule has 0 bridgehead atoms. The van der Waals surface area contributed by atoms with Gasteiger partial charge in [0, 0.05) is 13.1 Å². The molecule has 1 amide bonds. The number of amides is 1. The Hall–Kier alpha value is -3.45. The Kier molecular flexibility index (Phi) is 7.87. The maximum absolute atomic E-state index is 14.5. The number of carbonyl (C=O) groups is 1. The molecular formula is C26H25FN4OS. The lowest BCUT2D eigenvalue weighted by molar-refractivity contribution is -0.118. The van der Waals surface area contributed by atoms with Gasteiger partial charge in [-0.15, -0.1) is 10.2 Å². The van der Waals surface area contributed by atoms with E-state index in [2.05, 4.69) is 27.6 Å². The van der Waals surface area contributed by atoms with Gasteiger partial charge in [0.2, 0.25) is 5.91 Å². The summed E-state index contributed by atoms with van der Waals surface area (Å²) in [6, 6.07) is 26.7. The second kappa shape index (κ2) is 11.4. The summed E-state index contributed by atoms with van der Waals surface area (Å²) >= 11 is 1.31. The van der Waals surface area contributed by atoms with Gasteiger partial charge in [-0.2, -0.15) is 0 Å². The van der Waals surface area contributed by atoms with E-state index in [1.165, 1.54) is 29.0 Å². The van der Waals surface area contributed by atoms with Crippen molar-refractivity contribution in [3.63, 3.8) is 0 Å². The van der Waals surface area contributed by atoms with E-state index in [-0.39, 0.29) is 17.5 Å². The van der Waals surface area contributed by atoms with Gasteiger partial charge in [-0.05, 0) is 36.1 Å². The molecule has 1 heterocycles. The molecule has 5 nitrogen and oxygen atoms in total. The third kappa shape index (κ3) is 6.29. The zero-order chi connectivity index (χ0) is 22.9. The van der Waals surface area contributed by atoms with Crippen molar-refractivity contribution in [3.05, 3.63) is 102 Å². The quantitative estimate of drug-likeness (QED) is 0.346. The SMILES string of the molecule is O=C(CSc1nnc(-c2ccccc2F)n1CCc1ccccc1)NCCc1ccccc1. The van der Waals surface area contributed by atoms with Crippen LogP contribution in [0, 0.1) is 5.82 Å². The summed E-state index contributed by atoms with van der Waals surface area (Å²) < 4.78 is 16.4. The highest BCUT2D eigenvalue weighted by molar-refractivity contribution is 7.99. The van der Waals surface area contributed by atoms with Crippen LogP contribution in [0.3, 0.4) is 0 Å². The standard InChI is InChI=1S/C26H25FN4OS/c27-23-14-8-7-13-22(23)25-29-30-26(31(25)18-16-21-11-5-2-6-12-21)33-19-24(32)28-17-15-20-9-3-1-4-10-20/h1-14H,15-19H2,(H,28,32). The predicted molar refractivity (Wildman–Crippen MR) is 129 cm³/mol. The van der Waals surface area contributed by atoms with Gasteiger partial charge in [-0.3, -0.25) is 4.79 Å². The summed E-state index contributed by atoms with van der Waals surface area (Å²) in [4.78, 5) is 12.4. The molecule has 0 atom stereocenters. The first-order valence-corrected chi connectivity index (χ1v) is 11.8.